The van der Waals surface area contributed by atoms with Gasteiger partial charge in [0.25, 0.3) is 0 Å². The summed E-state index contributed by atoms with van der Waals surface area (Å²) in [6.07, 6.45) is 0.296. The second-order valence-corrected chi connectivity index (χ2v) is 5.21. The van der Waals surface area contributed by atoms with Crippen molar-refractivity contribution in [2.75, 3.05) is 0 Å². The van der Waals surface area contributed by atoms with Gasteiger partial charge < -0.3 is 5.11 Å². The molecule has 108 valence electrons. The number of Topliss-reactive ketones (excluding diaryl/α,β-unsaturated/α-hetero) is 1. The van der Waals surface area contributed by atoms with Gasteiger partial charge in [-0.15, -0.1) is 0 Å². The highest BCUT2D eigenvalue weighted by atomic mass is 16.4. The fraction of sp³-hybridized carbons (Fsp3) is 0.222. The van der Waals surface area contributed by atoms with Crippen LogP contribution in [0, 0.1) is 6.92 Å². The molecule has 0 saturated heterocycles. The zero-order valence-corrected chi connectivity index (χ0v) is 12.0. The second kappa shape index (κ2) is 6.84. The summed E-state index contributed by atoms with van der Waals surface area (Å²) in [5, 5.41) is 9.33. The molecule has 0 heterocycles. The van der Waals surface area contributed by atoms with E-state index in [1.54, 1.807) is 24.3 Å². The lowest BCUT2D eigenvalue weighted by Gasteiger charge is -2.12. The Morgan fingerprint density at radius 3 is 2.19 bits per heavy atom. The summed E-state index contributed by atoms with van der Waals surface area (Å²) in [5.74, 6) is -1.79. The SMILES string of the molecule is Cc1ccc(CC(=O)C[C@H](C(=O)O)c2ccccc2)cc1. The number of hydrogen-bond acceptors (Lipinski definition) is 2. The van der Waals surface area contributed by atoms with Crippen LogP contribution in [0.25, 0.3) is 0 Å². The summed E-state index contributed by atoms with van der Waals surface area (Å²) in [6.45, 7) is 1.99. The van der Waals surface area contributed by atoms with E-state index in [1.807, 2.05) is 37.3 Å². The molecule has 21 heavy (non-hydrogen) atoms. The lowest BCUT2D eigenvalue weighted by molar-refractivity contribution is -0.140. The summed E-state index contributed by atoms with van der Waals surface area (Å²) < 4.78 is 0. The molecule has 0 spiro atoms. The van der Waals surface area contributed by atoms with Crippen molar-refractivity contribution in [3.63, 3.8) is 0 Å². The van der Waals surface area contributed by atoms with E-state index < -0.39 is 11.9 Å². The third kappa shape index (κ3) is 4.28. The monoisotopic (exact) mass is 282 g/mol. The fourth-order valence-corrected chi connectivity index (χ4v) is 2.27. The normalized spacial score (nSPS) is 11.9. The minimum atomic E-state index is -0.960. The maximum absolute atomic E-state index is 12.1. The van der Waals surface area contributed by atoms with Gasteiger partial charge in [-0.2, -0.15) is 0 Å². The van der Waals surface area contributed by atoms with E-state index in [9.17, 15) is 14.7 Å². The zero-order chi connectivity index (χ0) is 15.2. The van der Waals surface area contributed by atoms with E-state index >= 15 is 0 Å². The number of aryl methyl sites for hydroxylation is 1. The van der Waals surface area contributed by atoms with Gasteiger partial charge in [-0.25, -0.2) is 0 Å². The molecule has 3 heteroatoms. The summed E-state index contributed by atoms with van der Waals surface area (Å²) in [4.78, 5) is 23.5. The van der Waals surface area contributed by atoms with Crippen molar-refractivity contribution in [1.29, 1.82) is 0 Å². The third-order valence-electron chi connectivity index (χ3n) is 3.45. The Balaban J connectivity index is 2.05. The van der Waals surface area contributed by atoms with Crippen molar-refractivity contribution in [2.24, 2.45) is 0 Å². The number of benzene rings is 2. The number of aliphatic carboxylic acids is 1. The standard InChI is InChI=1S/C18H18O3/c1-13-7-9-14(10-8-13)11-16(19)12-17(18(20)21)15-5-3-2-4-6-15/h2-10,17H,11-12H2,1H3,(H,20,21)/t17-/m0/s1. The molecule has 3 nitrogen and oxygen atoms in total. The van der Waals surface area contributed by atoms with Crippen LogP contribution >= 0.6 is 0 Å². The fourth-order valence-electron chi connectivity index (χ4n) is 2.27. The van der Waals surface area contributed by atoms with E-state index in [2.05, 4.69) is 0 Å². The molecule has 1 atom stereocenters. The summed E-state index contributed by atoms with van der Waals surface area (Å²) >= 11 is 0. The van der Waals surface area contributed by atoms with Crippen LogP contribution in [0.2, 0.25) is 0 Å². The number of ketones is 1. The van der Waals surface area contributed by atoms with Gasteiger partial charge in [-0.05, 0) is 18.1 Å². The first-order chi connectivity index (χ1) is 10.1. The van der Waals surface area contributed by atoms with Crippen molar-refractivity contribution >= 4 is 11.8 Å². The Labute approximate surface area is 124 Å². The highest BCUT2D eigenvalue weighted by molar-refractivity contribution is 5.88. The van der Waals surface area contributed by atoms with E-state index in [4.69, 9.17) is 0 Å². The number of carboxylic acids is 1. The molecule has 1 N–H and O–H groups in total. The Morgan fingerprint density at radius 2 is 1.62 bits per heavy atom. The van der Waals surface area contributed by atoms with Gasteiger partial charge in [0, 0.05) is 12.8 Å². The Hall–Kier alpha value is -2.42. The Kier molecular flexibility index (Phi) is 4.88. The first-order valence-electron chi connectivity index (χ1n) is 6.91. The number of carbonyl (C=O) groups is 2. The van der Waals surface area contributed by atoms with Gasteiger partial charge in [0.1, 0.15) is 5.78 Å². The summed E-state index contributed by atoms with van der Waals surface area (Å²) in [5.41, 5.74) is 2.73. The molecule has 2 rings (SSSR count). The first-order valence-corrected chi connectivity index (χ1v) is 6.91. The summed E-state index contributed by atoms with van der Waals surface area (Å²) in [6, 6.07) is 16.6. The minimum Gasteiger partial charge on any atom is -0.481 e. The van der Waals surface area contributed by atoms with Crippen LogP contribution in [0.5, 0.6) is 0 Å². The molecule has 0 aromatic heterocycles. The molecule has 2 aromatic rings. The Bertz CT molecular complexity index is 615. The Morgan fingerprint density at radius 1 is 1.00 bits per heavy atom. The maximum atomic E-state index is 12.1. The zero-order valence-electron chi connectivity index (χ0n) is 12.0. The highest BCUT2D eigenvalue weighted by Gasteiger charge is 2.22. The average molecular weight is 282 g/mol. The molecule has 0 amide bonds. The summed E-state index contributed by atoms with van der Waals surface area (Å²) in [7, 11) is 0. The first kappa shape index (κ1) is 15.0. The molecule has 0 bridgehead atoms. The lowest BCUT2D eigenvalue weighted by Crippen LogP contribution is -2.17. The van der Waals surface area contributed by atoms with Gasteiger partial charge in [0.2, 0.25) is 0 Å². The van der Waals surface area contributed by atoms with E-state index in [0.717, 1.165) is 11.1 Å². The van der Waals surface area contributed by atoms with Crippen LogP contribution in [0.1, 0.15) is 29.0 Å². The molecular formula is C18H18O3. The van der Waals surface area contributed by atoms with Crippen molar-refractivity contribution in [3.05, 3.63) is 71.3 Å². The average Bonchev–Trinajstić information content (AvgIpc) is 2.48. The van der Waals surface area contributed by atoms with Gasteiger partial charge >= 0.3 is 5.97 Å². The number of carboxylic acid groups (broad SMARTS) is 1. The van der Waals surface area contributed by atoms with Crippen LogP contribution in [-0.2, 0) is 16.0 Å². The maximum Gasteiger partial charge on any atom is 0.311 e. The lowest BCUT2D eigenvalue weighted by atomic mass is 9.92. The number of rotatable bonds is 6. The topological polar surface area (TPSA) is 54.4 Å². The quantitative estimate of drug-likeness (QED) is 0.883. The highest BCUT2D eigenvalue weighted by Crippen LogP contribution is 2.21. The predicted octanol–water partition coefficient (Wildman–Crippen LogP) is 3.37. The van der Waals surface area contributed by atoms with E-state index in [-0.39, 0.29) is 18.6 Å². The molecular weight excluding hydrogens is 264 g/mol. The van der Waals surface area contributed by atoms with Gasteiger partial charge in [-0.1, -0.05) is 60.2 Å². The third-order valence-corrected chi connectivity index (χ3v) is 3.45. The van der Waals surface area contributed by atoms with Crippen LogP contribution in [-0.4, -0.2) is 16.9 Å². The van der Waals surface area contributed by atoms with Crippen molar-refractivity contribution < 1.29 is 14.7 Å². The van der Waals surface area contributed by atoms with Crippen molar-refractivity contribution in [3.8, 4) is 0 Å². The van der Waals surface area contributed by atoms with Gasteiger partial charge in [-0.3, -0.25) is 9.59 Å². The van der Waals surface area contributed by atoms with Crippen molar-refractivity contribution in [1.82, 2.24) is 0 Å². The van der Waals surface area contributed by atoms with Gasteiger partial charge in [0.05, 0.1) is 5.92 Å². The smallest absolute Gasteiger partial charge is 0.311 e. The molecule has 0 aliphatic heterocycles. The minimum absolute atomic E-state index is 0.0211. The molecule has 2 aromatic carbocycles. The van der Waals surface area contributed by atoms with Gasteiger partial charge in [0.15, 0.2) is 0 Å². The molecule has 0 fully saturated rings. The molecule has 0 aliphatic carbocycles. The number of carbonyl (C=O) groups excluding carboxylic acids is 1. The second-order valence-electron chi connectivity index (χ2n) is 5.21. The van der Waals surface area contributed by atoms with Crippen molar-refractivity contribution in [2.45, 2.75) is 25.7 Å². The molecule has 0 aliphatic rings. The largest absolute Gasteiger partial charge is 0.481 e. The van der Waals surface area contributed by atoms with E-state index in [0.29, 0.717) is 5.56 Å². The molecule has 0 unspecified atom stereocenters. The molecule has 0 radical (unpaired) electrons. The van der Waals surface area contributed by atoms with E-state index in [1.165, 1.54) is 0 Å². The van der Waals surface area contributed by atoms with Crippen LogP contribution in [0.4, 0.5) is 0 Å². The predicted molar refractivity (Wildman–Crippen MR) is 81.3 cm³/mol. The van der Waals surface area contributed by atoms with Crippen LogP contribution in [0.15, 0.2) is 54.6 Å². The van der Waals surface area contributed by atoms with Crippen LogP contribution in [0.3, 0.4) is 0 Å². The van der Waals surface area contributed by atoms with Crippen LogP contribution < -0.4 is 0 Å². The number of hydrogen-bond donors (Lipinski definition) is 1. The molecule has 0 saturated carbocycles.